The Kier molecular flexibility index (Phi) is 5.55. The maximum absolute atomic E-state index is 12.2. The number of hydrogen-bond donors (Lipinski definition) is 2. The van der Waals surface area contributed by atoms with Crippen molar-refractivity contribution in [2.75, 3.05) is 12.4 Å². The number of rotatable bonds is 7. The number of nitrogens with zero attached hydrogens (tertiary/aromatic N) is 2. The topological polar surface area (TPSA) is 98.4 Å². The first-order valence-corrected chi connectivity index (χ1v) is 8.36. The summed E-state index contributed by atoms with van der Waals surface area (Å²) in [6.07, 6.45) is 4.48. The number of anilines is 1. The van der Waals surface area contributed by atoms with E-state index in [0.717, 1.165) is 11.3 Å². The van der Waals surface area contributed by atoms with E-state index in [1.54, 1.807) is 25.4 Å². The van der Waals surface area contributed by atoms with Crippen LogP contribution in [0, 0.1) is 0 Å². The standard InChI is InChI=1S/C19H20N4O4/c1-13(14-5-7-16(26-2)8-6-14)21-18(24)12-23-11-15(10-20-23)22-19(25)17-4-3-9-27-17/h3-11,13H,12H2,1-2H3,(H,21,24)(H,22,25)/t13-/m1/s1. The van der Waals surface area contributed by atoms with Gasteiger partial charge in [-0.3, -0.25) is 14.3 Å². The predicted molar refractivity (Wildman–Crippen MR) is 98.4 cm³/mol. The van der Waals surface area contributed by atoms with Crippen LogP contribution in [-0.4, -0.2) is 28.7 Å². The summed E-state index contributed by atoms with van der Waals surface area (Å²) in [6.45, 7) is 1.94. The molecule has 0 fully saturated rings. The quantitative estimate of drug-likeness (QED) is 0.668. The van der Waals surface area contributed by atoms with Crippen LogP contribution in [0.15, 0.2) is 59.5 Å². The fraction of sp³-hybridized carbons (Fsp3) is 0.211. The SMILES string of the molecule is COc1ccc([C@@H](C)NC(=O)Cn2cc(NC(=O)c3ccco3)cn2)cc1. The summed E-state index contributed by atoms with van der Waals surface area (Å²) < 4.78 is 11.6. The summed E-state index contributed by atoms with van der Waals surface area (Å²) >= 11 is 0. The molecule has 0 aliphatic rings. The van der Waals surface area contributed by atoms with Crippen LogP contribution >= 0.6 is 0 Å². The number of nitrogens with one attached hydrogen (secondary N) is 2. The van der Waals surface area contributed by atoms with Crippen molar-refractivity contribution in [2.45, 2.75) is 19.5 Å². The number of amides is 2. The smallest absolute Gasteiger partial charge is 0.291 e. The van der Waals surface area contributed by atoms with Crippen molar-refractivity contribution in [3.63, 3.8) is 0 Å². The number of hydrogen-bond acceptors (Lipinski definition) is 5. The summed E-state index contributed by atoms with van der Waals surface area (Å²) in [7, 11) is 1.61. The number of carbonyl (C=O) groups is 2. The molecule has 1 aromatic carbocycles. The Morgan fingerprint density at radius 3 is 2.70 bits per heavy atom. The van der Waals surface area contributed by atoms with E-state index in [4.69, 9.17) is 9.15 Å². The van der Waals surface area contributed by atoms with E-state index >= 15 is 0 Å². The lowest BCUT2D eigenvalue weighted by atomic mass is 10.1. The molecular weight excluding hydrogens is 348 g/mol. The van der Waals surface area contributed by atoms with Crippen molar-refractivity contribution in [2.24, 2.45) is 0 Å². The van der Waals surface area contributed by atoms with Gasteiger partial charge >= 0.3 is 0 Å². The molecule has 0 aliphatic heterocycles. The van der Waals surface area contributed by atoms with E-state index in [2.05, 4.69) is 15.7 Å². The lowest BCUT2D eigenvalue weighted by Gasteiger charge is -2.14. The highest BCUT2D eigenvalue weighted by molar-refractivity contribution is 6.02. The van der Waals surface area contributed by atoms with Crippen LogP contribution in [-0.2, 0) is 11.3 Å². The molecule has 2 amide bonds. The van der Waals surface area contributed by atoms with Gasteiger partial charge in [0.2, 0.25) is 5.91 Å². The highest BCUT2D eigenvalue weighted by atomic mass is 16.5. The molecule has 140 valence electrons. The van der Waals surface area contributed by atoms with Gasteiger partial charge in [0, 0.05) is 6.20 Å². The number of ether oxygens (including phenoxy) is 1. The first-order valence-electron chi connectivity index (χ1n) is 8.36. The fourth-order valence-corrected chi connectivity index (χ4v) is 2.53. The van der Waals surface area contributed by atoms with Gasteiger partial charge in [0.25, 0.3) is 5.91 Å². The van der Waals surface area contributed by atoms with Crippen LogP contribution in [0.3, 0.4) is 0 Å². The predicted octanol–water partition coefficient (Wildman–Crippen LogP) is 2.61. The molecule has 2 heterocycles. The van der Waals surface area contributed by atoms with Crippen LogP contribution in [0.4, 0.5) is 5.69 Å². The van der Waals surface area contributed by atoms with Gasteiger partial charge in [-0.15, -0.1) is 0 Å². The van der Waals surface area contributed by atoms with Gasteiger partial charge in [-0.25, -0.2) is 0 Å². The number of furan rings is 1. The number of methoxy groups -OCH3 is 1. The Morgan fingerprint density at radius 1 is 1.26 bits per heavy atom. The van der Waals surface area contributed by atoms with Gasteiger partial charge in [-0.05, 0) is 36.8 Å². The van der Waals surface area contributed by atoms with E-state index in [9.17, 15) is 9.59 Å². The molecule has 0 saturated heterocycles. The molecule has 0 aliphatic carbocycles. The van der Waals surface area contributed by atoms with Crippen molar-refractivity contribution in [1.82, 2.24) is 15.1 Å². The summed E-state index contributed by atoms with van der Waals surface area (Å²) in [5.41, 5.74) is 1.45. The molecule has 0 saturated carbocycles. The van der Waals surface area contributed by atoms with E-state index in [1.165, 1.54) is 17.1 Å². The second-order valence-electron chi connectivity index (χ2n) is 5.92. The molecule has 0 spiro atoms. The number of carbonyl (C=O) groups excluding carboxylic acids is 2. The van der Waals surface area contributed by atoms with Crippen molar-refractivity contribution < 1.29 is 18.7 Å². The third-order valence-corrected chi connectivity index (χ3v) is 3.93. The van der Waals surface area contributed by atoms with Gasteiger partial charge in [-0.1, -0.05) is 12.1 Å². The first kappa shape index (κ1) is 18.2. The minimum Gasteiger partial charge on any atom is -0.497 e. The van der Waals surface area contributed by atoms with Gasteiger partial charge in [-0.2, -0.15) is 5.10 Å². The minimum absolute atomic E-state index is 0.0388. The molecule has 2 N–H and O–H groups in total. The van der Waals surface area contributed by atoms with Crippen molar-refractivity contribution >= 4 is 17.5 Å². The fourth-order valence-electron chi connectivity index (χ4n) is 2.53. The molecule has 8 heteroatoms. The van der Waals surface area contributed by atoms with E-state index in [0.29, 0.717) is 5.69 Å². The zero-order valence-corrected chi connectivity index (χ0v) is 15.0. The minimum atomic E-state index is -0.378. The summed E-state index contributed by atoms with van der Waals surface area (Å²) in [5.74, 6) is 0.397. The summed E-state index contributed by atoms with van der Waals surface area (Å²) in [6, 6.07) is 10.5. The monoisotopic (exact) mass is 368 g/mol. The lowest BCUT2D eigenvalue weighted by molar-refractivity contribution is -0.122. The molecule has 8 nitrogen and oxygen atoms in total. The highest BCUT2D eigenvalue weighted by Crippen LogP contribution is 2.17. The van der Waals surface area contributed by atoms with Crippen LogP contribution in [0.1, 0.15) is 29.1 Å². The van der Waals surface area contributed by atoms with Gasteiger partial charge in [0.1, 0.15) is 12.3 Å². The Bertz CT molecular complexity index is 900. The Balaban J connectivity index is 1.53. The second kappa shape index (κ2) is 8.22. The van der Waals surface area contributed by atoms with Crippen molar-refractivity contribution in [3.8, 4) is 5.75 Å². The zero-order valence-electron chi connectivity index (χ0n) is 15.0. The maximum atomic E-state index is 12.2. The maximum Gasteiger partial charge on any atom is 0.291 e. The van der Waals surface area contributed by atoms with Crippen LogP contribution < -0.4 is 15.4 Å². The average Bonchev–Trinajstić information content (AvgIpc) is 3.34. The summed E-state index contributed by atoms with van der Waals surface area (Å²) in [4.78, 5) is 24.2. The van der Waals surface area contributed by atoms with Crippen LogP contribution in [0.2, 0.25) is 0 Å². The molecule has 0 radical (unpaired) electrons. The Labute approximate surface area is 156 Å². The molecule has 3 aromatic rings. The van der Waals surface area contributed by atoms with Crippen LogP contribution in [0.5, 0.6) is 5.75 Å². The van der Waals surface area contributed by atoms with E-state index in [1.807, 2.05) is 31.2 Å². The van der Waals surface area contributed by atoms with Gasteiger partial charge in [0.15, 0.2) is 5.76 Å². The molecule has 0 bridgehead atoms. The number of aromatic nitrogens is 2. The summed E-state index contributed by atoms with van der Waals surface area (Å²) in [5, 5.41) is 9.65. The van der Waals surface area contributed by atoms with Crippen molar-refractivity contribution in [1.29, 1.82) is 0 Å². The molecule has 3 rings (SSSR count). The zero-order chi connectivity index (χ0) is 19.2. The molecule has 2 aromatic heterocycles. The first-order chi connectivity index (χ1) is 13.0. The largest absolute Gasteiger partial charge is 0.497 e. The van der Waals surface area contributed by atoms with Crippen molar-refractivity contribution in [3.05, 3.63) is 66.4 Å². The molecule has 0 unspecified atom stereocenters. The third-order valence-electron chi connectivity index (χ3n) is 3.93. The Hall–Kier alpha value is -3.55. The molecule has 27 heavy (non-hydrogen) atoms. The lowest BCUT2D eigenvalue weighted by Crippen LogP contribution is -2.30. The van der Waals surface area contributed by atoms with E-state index < -0.39 is 0 Å². The normalized spacial score (nSPS) is 11.6. The highest BCUT2D eigenvalue weighted by Gasteiger charge is 2.13. The average molecular weight is 368 g/mol. The van der Waals surface area contributed by atoms with Gasteiger partial charge < -0.3 is 19.8 Å². The van der Waals surface area contributed by atoms with Gasteiger partial charge in [0.05, 0.1) is 31.3 Å². The second-order valence-corrected chi connectivity index (χ2v) is 5.92. The Morgan fingerprint density at radius 2 is 2.04 bits per heavy atom. The number of benzene rings is 1. The molecular formula is C19H20N4O4. The molecule has 1 atom stereocenters. The van der Waals surface area contributed by atoms with Crippen LogP contribution in [0.25, 0.3) is 0 Å². The third kappa shape index (κ3) is 4.75. The van der Waals surface area contributed by atoms with E-state index in [-0.39, 0.29) is 30.2 Å².